The van der Waals surface area contributed by atoms with Crippen LogP contribution in [0.2, 0.25) is 0 Å². The summed E-state index contributed by atoms with van der Waals surface area (Å²) in [4.78, 5) is 7.22. The van der Waals surface area contributed by atoms with E-state index in [1.54, 1.807) is 11.3 Å². The number of alkyl halides is 1. The molecule has 1 fully saturated rings. The van der Waals surface area contributed by atoms with Gasteiger partial charge in [0.2, 0.25) is 0 Å². The van der Waals surface area contributed by atoms with Crippen molar-refractivity contribution in [1.29, 1.82) is 0 Å². The third-order valence-electron chi connectivity index (χ3n) is 3.09. The van der Waals surface area contributed by atoms with Gasteiger partial charge in [0, 0.05) is 29.5 Å². The van der Waals surface area contributed by atoms with E-state index in [-0.39, 0.29) is 0 Å². The van der Waals surface area contributed by atoms with Crippen LogP contribution in [-0.2, 0) is 5.88 Å². The van der Waals surface area contributed by atoms with E-state index in [4.69, 9.17) is 11.6 Å². The average Bonchev–Trinajstić information content (AvgIpc) is 2.79. The van der Waals surface area contributed by atoms with E-state index in [1.807, 2.05) is 0 Å². The molecule has 2 unspecified atom stereocenters. The number of thioether (sulfide) groups is 1. The second kappa shape index (κ2) is 6.41. The van der Waals surface area contributed by atoms with Crippen molar-refractivity contribution in [3.05, 3.63) is 16.1 Å². The van der Waals surface area contributed by atoms with Crippen molar-refractivity contribution in [3.8, 4) is 0 Å². The van der Waals surface area contributed by atoms with Crippen molar-refractivity contribution in [2.45, 2.75) is 37.4 Å². The highest BCUT2D eigenvalue weighted by Gasteiger charge is 2.26. The van der Waals surface area contributed by atoms with Gasteiger partial charge in [-0.25, -0.2) is 4.98 Å². The van der Waals surface area contributed by atoms with Crippen LogP contribution in [0.1, 0.15) is 37.0 Å². The summed E-state index contributed by atoms with van der Waals surface area (Å²) in [5.41, 5.74) is 1.02. The Bertz CT molecular complexity index is 356. The Morgan fingerprint density at radius 2 is 2.47 bits per heavy atom. The Kier molecular flexibility index (Phi) is 5.15. The summed E-state index contributed by atoms with van der Waals surface area (Å²) in [7, 11) is 0. The quantitative estimate of drug-likeness (QED) is 0.785. The summed E-state index contributed by atoms with van der Waals surface area (Å²) < 4.78 is 0. The molecular formula is C12H19ClN2S2. The van der Waals surface area contributed by atoms with Gasteiger partial charge in [0.25, 0.3) is 0 Å². The zero-order valence-electron chi connectivity index (χ0n) is 10.4. The lowest BCUT2D eigenvalue weighted by molar-refractivity contribution is 0.200. The minimum absolute atomic E-state index is 0.486. The summed E-state index contributed by atoms with van der Waals surface area (Å²) >= 11 is 9.66. The molecule has 0 spiro atoms. The largest absolute Gasteiger partial charge is 0.292 e. The van der Waals surface area contributed by atoms with Gasteiger partial charge in [0.05, 0.1) is 17.6 Å². The molecule has 0 bridgehead atoms. The monoisotopic (exact) mass is 290 g/mol. The zero-order valence-corrected chi connectivity index (χ0v) is 12.7. The summed E-state index contributed by atoms with van der Waals surface area (Å²) in [6.07, 6.45) is 1.13. The van der Waals surface area contributed by atoms with Crippen LogP contribution in [0.25, 0.3) is 0 Å². The predicted molar refractivity (Wildman–Crippen MR) is 78.2 cm³/mol. The van der Waals surface area contributed by atoms with E-state index in [9.17, 15) is 0 Å². The third-order valence-corrected chi connectivity index (χ3v) is 5.50. The molecule has 1 aromatic rings. The van der Waals surface area contributed by atoms with Crippen LogP contribution >= 0.6 is 34.7 Å². The van der Waals surface area contributed by atoms with E-state index >= 15 is 0 Å². The molecule has 0 aromatic carbocycles. The first-order valence-corrected chi connectivity index (χ1v) is 8.56. The van der Waals surface area contributed by atoms with Crippen molar-refractivity contribution < 1.29 is 0 Å². The average molecular weight is 291 g/mol. The molecule has 0 saturated carbocycles. The van der Waals surface area contributed by atoms with E-state index in [1.165, 1.54) is 23.8 Å². The van der Waals surface area contributed by atoms with E-state index in [0.717, 1.165) is 17.4 Å². The van der Waals surface area contributed by atoms with Crippen LogP contribution in [0, 0.1) is 0 Å². The summed E-state index contributed by atoms with van der Waals surface area (Å²) in [5, 5.41) is 4.07. The zero-order chi connectivity index (χ0) is 12.3. The lowest BCUT2D eigenvalue weighted by Crippen LogP contribution is -2.39. The Morgan fingerprint density at radius 3 is 3.06 bits per heavy atom. The van der Waals surface area contributed by atoms with Crippen LogP contribution in [0.4, 0.5) is 0 Å². The van der Waals surface area contributed by atoms with Crippen LogP contribution in [-0.4, -0.2) is 34.0 Å². The van der Waals surface area contributed by atoms with Gasteiger partial charge in [-0.2, -0.15) is 11.8 Å². The summed E-state index contributed by atoms with van der Waals surface area (Å²) in [6, 6.07) is 0.486. The second-order valence-corrected chi connectivity index (χ2v) is 7.11. The molecule has 0 radical (unpaired) electrons. The molecule has 96 valence electrons. The fourth-order valence-electron chi connectivity index (χ4n) is 2.25. The molecule has 2 rings (SSSR count). The molecule has 0 N–H and O–H groups in total. The molecule has 2 atom stereocenters. The molecule has 1 aliphatic rings. The van der Waals surface area contributed by atoms with Crippen molar-refractivity contribution in [1.82, 2.24) is 9.88 Å². The summed E-state index contributed by atoms with van der Waals surface area (Å²) in [5.74, 6) is 1.77. The first-order chi connectivity index (χ1) is 8.24. The fraction of sp³-hybridized carbons (Fsp3) is 0.750. The van der Waals surface area contributed by atoms with Crippen LogP contribution in [0.15, 0.2) is 5.38 Å². The van der Waals surface area contributed by atoms with Gasteiger partial charge in [0.1, 0.15) is 5.01 Å². The predicted octanol–water partition coefficient (Wildman–Crippen LogP) is 3.77. The number of rotatable bonds is 4. The first-order valence-electron chi connectivity index (χ1n) is 6.10. The lowest BCUT2D eigenvalue weighted by Gasteiger charge is -2.35. The number of aromatic nitrogens is 1. The van der Waals surface area contributed by atoms with Crippen molar-refractivity contribution >= 4 is 34.7 Å². The second-order valence-electron chi connectivity index (χ2n) is 4.41. The fourth-order valence-corrected chi connectivity index (χ4v) is 4.56. The number of thiazole rings is 1. The maximum Gasteiger partial charge on any atom is 0.110 e. The molecule has 5 heteroatoms. The highest BCUT2D eigenvalue weighted by molar-refractivity contribution is 7.99. The molecule has 0 amide bonds. The number of hydrogen-bond acceptors (Lipinski definition) is 4. The molecule has 2 heterocycles. The number of halogens is 1. The van der Waals surface area contributed by atoms with Gasteiger partial charge in [0.15, 0.2) is 0 Å². The Balaban J connectivity index is 2.09. The maximum atomic E-state index is 5.82. The van der Waals surface area contributed by atoms with Crippen molar-refractivity contribution in [2.75, 3.05) is 18.8 Å². The Morgan fingerprint density at radius 1 is 1.65 bits per heavy atom. The Hall–Kier alpha value is 0.230. The molecule has 0 aliphatic carbocycles. The third kappa shape index (κ3) is 3.37. The van der Waals surface area contributed by atoms with E-state index in [0.29, 0.717) is 11.9 Å². The molecular weight excluding hydrogens is 272 g/mol. The highest BCUT2D eigenvalue weighted by atomic mass is 35.5. The van der Waals surface area contributed by atoms with Crippen LogP contribution in [0.5, 0.6) is 0 Å². The van der Waals surface area contributed by atoms with Crippen molar-refractivity contribution in [2.24, 2.45) is 0 Å². The molecule has 1 aromatic heterocycles. The number of nitrogens with zero attached hydrogens (tertiary/aromatic N) is 2. The Labute approximate surface area is 117 Å². The maximum absolute atomic E-state index is 5.82. The lowest BCUT2D eigenvalue weighted by atomic mass is 10.2. The van der Waals surface area contributed by atoms with Gasteiger partial charge in [-0.1, -0.05) is 13.8 Å². The number of hydrogen-bond donors (Lipinski definition) is 0. The minimum Gasteiger partial charge on any atom is -0.292 e. The molecule has 17 heavy (non-hydrogen) atoms. The summed E-state index contributed by atoms with van der Waals surface area (Å²) in [6.45, 7) is 6.93. The molecule has 1 aliphatic heterocycles. The normalized spacial score (nSPS) is 23.8. The molecule has 1 saturated heterocycles. The van der Waals surface area contributed by atoms with E-state index in [2.05, 4.69) is 40.9 Å². The SMILES string of the molecule is CCC(c1nc(CCl)cs1)N1CCSC(C)C1. The van der Waals surface area contributed by atoms with E-state index < -0.39 is 0 Å². The van der Waals surface area contributed by atoms with Crippen LogP contribution < -0.4 is 0 Å². The van der Waals surface area contributed by atoms with Gasteiger partial charge in [-0.15, -0.1) is 22.9 Å². The first kappa shape index (κ1) is 13.7. The smallest absolute Gasteiger partial charge is 0.110 e. The topological polar surface area (TPSA) is 16.1 Å². The van der Waals surface area contributed by atoms with Gasteiger partial charge in [-0.05, 0) is 6.42 Å². The standard InChI is InChI=1S/C12H19ClN2S2/c1-3-11(12-14-10(6-13)8-17-12)15-4-5-16-9(2)7-15/h8-9,11H,3-7H2,1-2H3. The van der Waals surface area contributed by atoms with Crippen molar-refractivity contribution in [3.63, 3.8) is 0 Å². The van der Waals surface area contributed by atoms with Gasteiger partial charge < -0.3 is 0 Å². The van der Waals surface area contributed by atoms with Gasteiger partial charge in [-0.3, -0.25) is 4.90 Å². The molecule has 2 nitrogen and oxygen atoms in total. The minimum atomic E-state index is 0.486. The van der Waals surface area contributed by atoms with Crippen LogP contribution in [0.3, 0.4) is 0 Å². The highest BCUT2D eigenvalue weighted by Crippen LogP contribution is 2.31. The van der Waals surface area contributed by atoms with Gasteiger partial charge >= 0.3 is 0 Å².